The fourth-order valence-corrected chi connectivity index (χ4v) is 2.19. The minimum atomic E-state index is -0.129. The second-order valence-electron chi connectivity index (χ2n) is 5.96. The molecule has 0 atom stereocenters. The third-order valence-electron chi connectivity index (χ3n) is 3.48. The number of rotatable bonds is 5. The summed E-state index contributed by atoms with van der Waals surface area (Å²) in [7, 11) is 1.62. The van der Waals surface area contributed by atoms with Crippen LogP contribution in [0.4, 0.5) is 5.95 Å². The van der Waals surface area contributed by atoms with E-state index in [1.165, 1.54) is 10.6 Å². The van der Waals surface area contributed by atoms with Gasteiger partial charge in [0.2, 0.25) is 5.95 Å². The van der Waals surface area contributed by atoms with Crippen LogP contribution in [0.15, 0.2) is 41.2 Å². The molecule has 4 heteroatoms. The van der Waals surface area contributed by atoms with Crippen molar-refractivity contribution in [3.63, 3.8) is 0 Å². The van der Waals surface area contributed by atoms with Crippen molar-refractivity contribution >= 4 is 12.0 Å². The molecule has 1 aromatic heterocycles. The summed E-state index contributed by atoms with van der Waals surface area (Å²) in [4.78, 5) is 16.0. The summed E-state index contributed by atoms with van der Waals surface area (Å²) in [6, 6.07) is 9.79. The van der Waals surface area contributed by atoms with Crippen LogP contribution < -0.4 is 11.3 Å². The number of hydrogen-bond acceptors (Lipinski definition) is 3. The van der Waals surface area contributed by atoms with Crippen LogP contribution in [0, 0.1) is 5.92 Å². The molecule has 0 amide bonds. The zero-order chi connectivity index (χ0) is 16.1. The topological polar surface area (TPSA) is 60.9 Å². The predicted octanol–water partition coefficient (Wildman–Crippen LogP) is 3.01. The standard InChI is InChI=1S/C18H23N3O/c1-13(2)6-4-7-14-8-5-9-15(10-14)11-16-12-17(22)21(3)18(19)20-16/h4-5,7-10,12-13H,6,11H2,1-3H3,(H2,19,20)/b7-4+. The second-order valence-corrected chi connectivity index (χ2v) is 5.96. The average molecular weight is 297 g/mol. The van der Waals surface area contributed by atoms with Crippen LogP contribution in [-0.2, 0) is 13.5 Å². The van der Waals surface area contributed by atoms with E-state index in [0.29, 0.717) is 18.0 Å². The molecule has 4 nitrogen and oxygen atoms in total. The van der Waals surface area contributed by atoms with Crippen LogP contribution in [0.5, 0.6) is 0 Å². The van der Waals surface area contributed by atoms with Gasteiger partial charge in [-0.2, -0.15) is 0 Å². The molecule has 0 bridgehead atoms. The van der Waals surface area contributed by atoms with Crippen LogP contribution in [-0.4, -0.2) is 9.55 Å². The van der Waals surface area contributed by atoms with E-state index < -0.39 is 0 Å². The van der Waals surface area contributed by atoms with E-state index in [1.807, 2.05) is 12.1 Å². The Hall–Kier alpha value is -2.36. The maximum Gasteiger partial charge on any atom is 0.254 e. The van der Waals surface area contributed by atoms with E-state index in [0.717, 1.165) is 17.5 Å². The van der Waals surface area contributed by atoms with Gasteiger partial charge in [-0.1, -0.05) is 50.3 Å². The molecule has 0 aliphatic carbocycles. The fourth-order valence-electron chi connectivity index (χ4n) is 2.19. The Morgan fingerprint density at radius 2 is 2.09 bits per heavy atom. The van der Waals surface area contributed by atoms with E-state index in [-0.39, 0.29) is 11.5 Å². The zero-order valence-corrected chi connectivity index (χ0v) is 13.4. The van der Waals surface area contributed by atoms with Crippen molar-refractivity contribution in [2.75, 3.05) is 5.73 Å². The lowest BCUT2D eigenvalue weighted by atomic mass is 10.0. The molecule has 116 valence electrons. The van der Waals surface area contributed by atoms with Gasteiger partial charge in [0, 0.05) is 19.5 Å². The van der Waals surface area contributed by atoms with Gasteiger partial charge in [0.1, 0.15) is 0 Å². The normalized spacial score (nSPS) is 11.5. The van der Waals surface area contributed by atoms with Gasteiger partial charge in [-0.05, 0) is 23.5 Å². The van der Waals surface area contributed by atoms with Gasteiger partial charge in [0.05, 0.1) is 5.69 Å². The van der Waals surface area contributed by atoms with Gasteiger partial charge >= 0.3 is 0 Å². The van der Waals surface area contributed by atoms with Gasteiger partial charge in [-0.25, -0.2) is 4.98 Å². The van der Waals surface area contributed by atoms with Crippen LogP contribution >= 0.6 is 0 Å². The van der Waals surface area contributed by atoms with Crippen molar-refractivity contribution in [2.45, 2.75) is 26.7 Å². The van der Waals surface area contributed by atoms with Crippen molar-refractivity contribution in [3.8, 4) is 0 Å². The quantitative estimate of drug-likeness (QED) is 0.923. The molecule has 2 rings (SSSR count). The van der Waals surface area contributed by atoms with Crippen molar-refractivity contribution in [1.29, 1.82) is 0 Å². The Bertz CT molecular complexity index is 729. The third-order valence-corrected chi connectivity index (χ3v) is 3.48. The monoisotopic (exact) mass is 297 g/mol. The van der Waals surface area contributed by atoms with Crippen LogP contribution in [0.2, 0.25) is 0 Å². The van der Waals surface area contributed by atoms with Gasteiger partial charge in [-0.15, -0.1) is 0 Å². The van der Waals surface area contributed by atoms with Gasteiger partial charge in [0.15, 0.2) is 0 Å². The molecule has 1 aromatic carbocycles. The molecule has 0 aliphatic heterocycles. The summed E-state index contributed by atoms with van der Waals surface area (Å²) < 4.78 is 1.34. The molecular weight excluding hydrogens is 274 g/mol. The first-order valence-electron chi connectivity index (χ1n) is 7.53. The Balaban J connectivity index is 2.17. The number of benzene rings is 1. The highest BCUT2D eigenvalue weighted by Gasteiger charge is 2.04. The van der Waals surface area contributed by atoms with Gasteiger partial charge in [-0.3, -0.25) is 9.36 Å². The summed E-state index contributed by atoms with van der Waals surface area (Å²) in [6.07, 6.45) is 6.00. The molecule has 22 heavy (non-hydrogen) atoms. The number of aromatic nitrogens is 2. The van der Waals surface area contributed by atoms with Gasteiger partial charge < -0.3 is 5.73 Å². The first-order chi connectivity index (χ1) is 10.5. The highest BCUT2D eigenvalue weighted by Crippen LogP contribution is 2.12. The molecule has 0 fully saturated rings. The number of nitrogen functional groups attached to an aromatic ring is 1. The maximum atomic E-state index is 11.8. The summed E-state index contributed by atoms with van der Waals surface area (Å²) in [5.74, 6) is 0.905. The molecule has 0 radical (unpaired) electrons. The van der Waals surface area contributed by atoms with Crippen LogP contribution in [0.1, 0.15) is 37.1 Å². The Labute approximate surface area is 131 Å². The molecule has 2 N–H and O–H groups in total. The first-order valence-corrected chi connectivity index (χ1v) is 7.53. The molecule has 0 spiro atoms. The van der Waals surface area contributed by atoms with Crippen molar-refractivity contribution in [2.24, 2.45) is 13.0 Å². The summed E-state index contributed by atoms with van der Waals surface area (Å²) >= 11 is 0. The molecule has 2 aromatic rings. The van der Waals surface area contributed by atoms with Crippen LogP contribution in [0.25, 0.3) is 6.08 Å². The summed E-state index contributed by atoms with van der Waals surface area (Å²) in [5.41, 5.74) is 8.59. The lowest BCUT2D eigenvalue weighted by Crippen LogP contribution is -2.21. The number of hydrogen-bond donors (Lipinski definition) is 1. The van der Waals surface area contributed by atoms with Crippen molar-refractivity contribution < 1.29 is 0 Å². The number of allylic oxidation sites excluding steroid dienone is 1. The Morgan fingerprint density at radius 3 is 2.77 bits per heavy atom. The van der Waals surface area contributed by atoms with E-state index in [9.17, 15) is 4.79 Å². The highest BCUT2D eigenvalue weighted by atomic mass is 16.1. The number of nitrogens with two attached hydrogens (primary N) is 1. The second kappa shape index (κ2) is 7.07. The SMILES string of the molecule is CC(C)C/C=C/c1cccc(Cc2cc(=O)n(C)c(N)n2)c1. The first kappa shape index (κ1) is 16.0. The van der Waals surface area contributed by atoms with Crippen molar-refractivity contribution in [3.05, 3.63) is 63.6 Å². The minimum absolute atomic E-state index is 0.129. The lowest BCUT2D eigenvalue weighted by Gasteiger charge is -2.06. The largest absolute Gasteiger partial charge is 0.369 e. The molecule has 0 saturated heterocycles. The number of anilines is 1. The van der Waals surface area contributed by atoms with E-state index in [4.69, 9.17) is 5.73 Å². The Morgan fingerprint density at radius 1 is 1.32 bits per heavy atom. The summed E-state index contributed by atoms with van der Waals surface area (Å²) in [6.45, 7) is 4.40. The van der Waals surface area contributed by atoms with E-state index >= 15 is 0 Å². The van der Waals surface area contributed by atoms with E-state index in [2.05, 4.69) is 43.1 Å². The number of nitrogens with zero attached hydrogens (tertiary/aromatic N) is 2. The average Bonchev–Trinajstić information content (AvgIpc) is 2.45. The van der Waals surface area contributed by atoms with Crippen LogP contribution in [0.3, 0.4) is 0 Å². The molecule has 0 unspecified atom stereocenters. The molecule has 1 heterocycles. The Kier molecular flexibility index (Phi) is 5.15. The zero-order valence-electron chi connectivity index (χ0n) is 13.4. The maximum absolute atomic E-state index is 11.8. The smallest absolute Gasteiger partial charge is 0.254 e. The minimum Gasteiger partial charge on any atom is -0.369 e. The predicted molar refractivity (Wildman–Crippen MR) is 91.6 cm³/mol. The van der Waals surface area contributed by atoms with Gasteiger partial charge in [0.25, 0.3) is 5.56 Å². The van der Waals surface area contributed by atoms with Crippen molar-refractivity contribution in [1.82, 2.24) is 9.55 Å². The summed E-state index contributed by atoms with van der Waals surface area (Å²) in [5, 5.41) is 0. The molecule has 0 aliphatic rings. The van der Waals surface area contributed by atoms with E-state index in [1.54, 1.807) is 7.05 Å². The molecule has 0 saturated carbocycles. The fraction of sp³-hybridized carbons (Fsp3) is 0.333. The lowest BCUT2D eigenvalue weighted by molar-refractivity contribution is 0.665. The highest BCUT2D eigenvalue weighted by molar-refractivity contribution is 5.50. The third kappa shape index (κ3) is 4.32. The molecular formula is C18H23N3O.